The van der Waals surface area contributed by atoms with Crippen molar-refractivity contribution in [2.75, 3.05) is 13.2 Å². The van der Waals surface area contributed by atoms with Gasteiger partial charge in [-0.1, -0.05) is 6.08 Å². The molecule has 1 saturated heterocycles. The number of carbonyl (C=O) groups is 1. The molecular weight excluding hydrogens is 222 g/mol. The van der Waals surface area contributed by atoms with E-state index in [1.807, 2.05) is 0 Å². The van der Waals surface area contributed by atoms with Crippen LogP contribution in [0.3, 0.4) is 0 Å². The molecule has 0 radical (unpaired) electrons. The van der Waals surface area contributed by atoms with Crippen molar-refractivity contribution in [2.24, 2.45) is 5.92 Å². The molecule has 0 saturated carbocycles. The van der Waals surface area contributed by atoms with Crippen molar-refractivity contribution in [3.63, 3.8) is 0 Å². The summed E-state index contributed by atoms with van der Waals surface area (Å²) in [5, 5.41) is 18.4. The van der Waals surface area contributed by atoms with Gasteiger partial charge in [0.05, 0.1) is 12.6 Å². The Kier molecular flexibility index (Phi) is 4.54. The Bertz CT molecular complexity index is 290. The molecule has 5 heteroatoms. The smallest absolute Gasteiger partial charge is 0.409 e. The van der Waals surface area contributed by atoms with Crippen molar-refractivity contribution in [3.05, 3.63) is 12.7 Å². The number of nitrogens with zero attached hydrogens (tertiary/aromatic N) is 1. The predicted molar refractivity (Wildman–Crippen MR) is 63.7 cm³/mol. The first kappa shape index (κ1) is 14.0. The molecule has 5 nitrogen and oxygen atoms in total. The Morgan fingerprint density at radius 1 is 1.71 bits per heavy atom. The van der Waals surface area contributed by atoms with E-state index in [2.05, 4.69) is 6.58 Å². The summed E-state index contributed by atoms with van der Waals surface area (Å²) in [7, 11) is 0. The molecule has 17 heavy (non-hydrogen) atoms. The van der Waals surface area contributed by atoms with Gasteiger partial charge in [0, 0.05) is 6.61 Å². The van der Waals surface area contributed by atoms with Crippen LogP contribution in [0.4, 0.5) is 4.79 Å². The van der Waals surface area contributed by atoms with E-state index in [4.69, 9.17) is 4.74 Å². The minimum Gasteiger partial charge on any atom is -0.465 e. The number of hydrogen-bond acceptors (Lipinski definition) is 3. The molecule has 0 aliphatic carbocycles. The first-order valence-corrected chi connectivity index (χ1v) is 5.80. The molecule has 0 aromatic heterocycles. The first-order valence-electron chi connectivity index (χ1n) is 5.80. The van der Waals surface area contributed by atoms with Gasteiger partial charge in [0.15, 0.2) is 0 Å². The summed E-state index contributed by atoms with van der Waals surface area (Å²) in [6, 6.07) is -0.195. The van der Waals surface area contributed by atoms with Crippen LogP contribution in [0, 0.1) is 5.92 Å². The summed E-state index contributed by atoms with van der Waals surface area (Å²) in [6.45, 7) is 7.53. The van der Waals surface area contributed by atoms with Crippen molar-refractivity contribution in [2.45, 2.75) is 38.5 Å². The summed E-state index contributed by atoms with van der Waals surface area (Å²) in [5.74, 6) is 0.0387. The topological polar surface area (TPSA) is 70.0 Å². The van der Waals surface area contributed by atoms with E-state index in [-0.39, 0.29) is 18.6 Å². The molecule has 1 heterocycles. The summed E-state index contributed by atoms with van der Waals surface area (Å²) < 4.78 is 5.49. The van der Waals surface area contributed by atoms with Gasteiger partial charge in [-0.25, -0.2) is 4.79 Å². The van der Waals surface area contributed by atoms with Gasteiger partial charge in [0.25, 0.3) is 0 Å². The normalized spacial score (nSPS) is 24.6. The number of carboxylic acid groups (broad SMARTS) is 1. The fourth-order valence-corrected chi connectivity index (χ4v) is 2.31. The molecule has 1 fully saturated rings. The predicted octanol–water partition coefficient (Wildman–Crippen LogP) is 1.68. The molecule has 1 unspecified atom stereocenters. The highest BCUT2D eigenvalue weighted by Gasteiger charge is 2.44. The number of amides is 1. The van der Waals surface area contributed by atoms with E-state index in [0.717, 1.165) is 0 Å². The summed E-state index contributed by atoms with van der Waals surface area (Å²) in [4.78, 5) is 12.6. The second kappa shape index (κ2) is 5.51. The maximum atomic E-state index is 11.2. The Labute approximate surface area is 102 Å². The fourth-order valence-electron chi connectivity index (χ4n) is 2.31. The number of hydrogen-bond donors (Lipinski definition) is 2. The number of allylic oxidation sites excluding steroid dienone is 1. The van der Waals surface area contributed by atoms with Crippen molar-refractivity contribution < 1.29 is 19.7 Å². The third-order valence-corrected chi connectivity index (χ3v) is 3.14. The lowest BCUT2D eigenvalue weighted by atomic mass is 9.97. The van der Waals surface area contributed by atoms with Crippen LogP contribution in [-0.2, 0) is 4.74 Å². The lowest BCUT2D eigenvalue weighted by Gasteiger charge is -2.32. The quantitative estimate of drug-likeness (QED) is 0.721. The van der Waals surface area contributed by atoms with E-state index in [1.54, 1.807) is 19.9 Å². The van der Waals surface area contributed by atoms with Crippen LogP contribution in [-0.4, -0.2) is 46.2 Å². The van der Waals surface area contributed by atoms with Crippen LogP contribution in [0.15, 0.2) is 12.7 Å². The molecule has 0 aromatic carbocycles. The van der Waals surface area contributed by atoms with Gasteiger partial charge in [0.2, 0.25) is 0 Å². The standard InChI is InChI=1S/C12H21NO4/c1-4-5-9(7-14)6-10-8-17-12(2,3)13(10)11(15)16/h4,9-10,14H,1,5-8H2,2-3H3,(H,15,16)/t9-,10?/m1/s1. The van der Waals surface area contributed by atoms with Crippen molar-refractivity contribution in [1.82, 2.24) is 4.90 Å². The van der Waals surface area contributed by atoms with Crippen LogP contribution >= 0.6 is 0 Å². The Balaban J connectivity index is 2.70. The zero-order chi connectivity index (χ0) is 13.1. The highest BCUT2D eigenvalue weighted by Crippen LogP contribution is 2.31. The van der Waals surface area contributed by atoms with E-state index in [1.165, 1.54) is 4.90 Å². The number of aliphatic hydroxyl groups is 1. The Morgan fingerprint density at radius 2 is 2.35 bits per heavy atom. The van der Waals surface area contributed by atoms with E-state index >= 15 is 0 Å². The maximum absolute atomic E-state index is 11.2. The van der Waals surface area contributed by atoms with Crippen LogP contribution < -0.4 is 0 Å². The number of aliphatic hydroxyl groups excluding tert-OH is 1. The second-order valence-corrected chi connectivity index (χ2v) is 4.87. The highest BCUT2D eigenvalue weighted by molar-refractivity contribution is 5.66. The van der Waals surface area contributed by atoms with Crippen LogP contribution in [0.2, 0.25) is 0 Å². The SMILES string of the molecule is C=CC[C@@H](CO)CC1COC(C)(C)N1C(=O)O. The Morgan fingerprint density at radius 3 is 2.82 bits per heavy atom. The summed E-state index contributed by atoms with van der Waals surface area (Å²) in [5.41, 5.74) is -0.787. The highest BCUT2D eigenvalue weighted by atomic mass is 16.5. The van der Waals surface area contributed by atoms with Gasteiger partial charge < -0.3 is 14.9 Å². The average molecular weight is 243 g/mol. The van der Waals surface area contributed by atoms with Gasteiger partial charge in [-0.15, -0.1) is 6.58 Å². The third kappa shape index (κ3) is 3.20. The maximum Gasteiger partial charge on any atom is 0.409 e. The van der Waals surface area contributed by atoms with Gasteiger partial charge in [-0.3, -0.25) is 4.90 Å². The molecule has 0 bridgehead atoms. The van der Waals surface area contributed by atoms with Gasteiger partial charge >= 0.3 is 6.09 Å². The number of ether oxygens (including phenoxy) is 1. The van der Waals surface area contributed by atoms with E-state index in [0.29, 0.717) is 19.4 Å². The lowest BCUT2D eigenvalue weighted by Crippen LogP contribution is -2.47. The minimum absolute atomic E-state index is 0.0381. The minimum atomic E-state index is -0.979. The second-order valence-electron chi connectivity index (χ2n) is 4.87. The molecule has 1 aliphatic heterocycles. The van der Waals surface area contributed by atoms with Gasteiger partial charge in [-0.05, 0) is 32.6 Å². The van der Waals surface area contributed by atoms with Gasteiger partial charge in [-0.2, -0.15) is 0 Å². The monoisotopic (exact) mass is 243 g/mol. The van der Waals surface area contributed by atoms with Crippen LogP contribution in [0.1, 0.15) is 26.7 Å². The van der Waals surface area contributed by atoms with Crippen LogP contribution in [0.5, 0.6) is 0 Å². The number of rotatable bonds is 5. The molecule has 0 spiro atoms. The van der Waals surface area contributed by atoms with E-state index < -0.39 is 11.8 Å². The summed E-state index contributed by atoms with van der Waals surface area (Å²) in [6.07, 6.45) is 2.04. The Hall–Kier alpha value is -1.07. The molecule has 0 aromatic rings. The van der Waals surface area contributed by atoms with Crippen molar-refractivity contribution >= 4 is 6.09 Å². The summed E-state index contributed by atoms with van der Waals surface area (Å²) >= 11 is 0. The molecule has 2 atom stereocenters. The van der Waals surface area contributed by atoms with Gasteiger partial charge in [0.1, 0.15) is 5.72 Å². The zero-order valence-corrected chi connectivity index (χ0v) is 10.4. The molecule has 1 amide bonds. The lowest BCUT2D eigenvalue weighted by molar-refractivity contribution is -0.0426. The van der Waals surface area contributed by atoms with Crippen molar-refractivity contribution in [1.29, 1.82) is 0 Å². The third-order valence-electron chi connectivity index (χ3n) is 3.14. The molecule has 1 aliphatic rings. The molecular formula is C12H21NO4. The van der Waals surface area contributed by atoms with E-state index in [9.17, 15) is 15.0 Å². The zero-order valence-electron chi connectivity index (χ0n) is 10.4. The van der Waals surface area contributed by atoms with Crippen LogP contribution in [0.25, 0.3) is 0 Å². The molecule has 1 rings (SSSR count). The van der Waals surface area contributed by atoms with Crippen molar-refractivity contribution in [3.8, 4) is 0 Å². The fraction of sp³-hybridized carbons (Fsp3) is 0.750. The first-order chi connectivity index (χ1) is 7.92. The average Bonchev–Trinajstić information content (AvgIpc) is 2.53. The largest absolute Gasteiger partial charge is 0.465 e. The molecule has 2 N–H and O–H groups in total. The molecule has 98 valence electrons.